The van der Waals surface area contributed by atoms with Gasteiger partial charge in [-0.3, -0.25) is 0 Å². The number of fused-ring (bicyclic) bond motifs is 2. The Hall–Kier alpha value is -3.46. The van der Waals surface area contributed by atoms with E-state index >= 15 is 0 Å². The van der Waals surface area contributed by atoms with Crippen LogP contribution in [0.3, 0.4) is 0 Å². The second kappa shape index (κ2) is 7.51. The van der Waals surface area contributed by atoms with Crippen molar-refractivity contribution in [2.75, 3.05) is 28.4 Å². The number of aliphatic hydroxyl groups is 1. The largest absolute Gasteiger partial charge is 0.493 e. The van der Waals surface area contributed by atoms with Gasteiger partial charge in [0.05, 0.1) is 50.5 Å². The van der Waals surface area contributed by atoms with Gasteiger partial charge in [0.1, 0.15) is 17.8 Å². The van der Waals surface area contributed by atoms with Crippen LogP contribution in [0.5, 0.6) is 23.0 Å². The number of aromatic nitrogens is 4. The van der Waals surface area contributed by atoms with Crippen LogP contribution in [0.25, 0.3) is 22.1 Å². The van der Waals surface area contributed by atoms with Gasteiger partial charge < -0.3 is 34.0 Å². The normalized spacial score (nSPS) is 12.3. The van der Waals surface area contributed by atoms with Gasteiger partial charge >= 0.3 is 0 Å². The third-order valence-electron chi connectivity index (χ3n) is 4.74. The number of H-pyrrole nitrogens is 2. The molecule has 0 aliphatic carbocycles. The van der Waals surface area contributed by atoms with Gasteiger partial charge in [-0.1, -0.05) is 0 Å². The maximum absolute atomic E-state index is 10.7. The van der Waals surface area contributed by atoms with Gasteiger partial charge in [0, 0.05) is 30.7 Å². The molecule has 0 radical (unpaired) electrons. The number of aliphatic hydroxyl groups excluding tert-OH is 1. The van der Waals surface area contributed by atoms with Gasteiger partial charge in [-0.15, -0.1) is 0 Å². The molecule has 9 nitrogen and oxygen atoms in total. The van der Waals surface area contributed by atoms with Crippen LogP contribution in [-0.2, 0) is 6.42 Å². The lowest BCUT2D eigenvalue weighted by molar-refractivity contribution is 0.167. The number of aromatic amines is 2. The molecule has 9 heteroatoms. The second-order valence-electron chi connectivity index (χ2n) is 6.47. The zero-order valence-electron chi connectivity index (χ0n) is 16.6. The fourth-order valence-electron chi connectivity index (χ4n) is 3.28. The Balaban J connectivity index is 1.62. The molecule has 4 aromatic rings. The minimum absolute atomic E-state index is 0.257. The van der Waals surface area contributed by atoms with Gasteiger partial charge in [-0.05, 0) is 0 Å². The van der Waals surface area contributed by atoms with E-state index in [1.807, 2.05) is 6.07 Å². The summed E-state index contributed by atoms with van der Waals surface area (Å²) in [5.41, 5.74) is 2.94. The summed E-state index contributed by atoms with van der Waals surface area (Å²) in [6.45, 7) is 0. The Morgan fingerprint density at radius 3 is 1.79 bits per heavy atom. The molecule has 2 aromatic carbocycles. The molecule has 4 rings (SSSR count). The lowest BCUT2D eigenvalue weighted by Crippen LogP contribution is -2.05. The predicted molar refractivity (Wildman–Crippen MR) is 107 cm³/mol. The van der Waals surface area contributed by atoms with Crippen LogP contribution in [-0.4, -0.2) is 53.5 Å². The van der Waals surface area contributed by atoms with Crippen molar-refractivity contribution < 1.29 is 24.1 Å². The Morgan fingerprint density at radius 2 is 1.24 bits per heavy atom. The molecule has 0 saturated heterocycles. The summed E-state index contributed by atoms with van der Waals surface area (Å²) in [6, 6.07) is 7.16. The predicted octanol–water partition coefficient (Wildman–Crippen LogP) is 2.75. The number of imidazole rings is 2. The highest BCUT2D eigenvalue weighted by Crippen LogP contribution is 2.33. The van der Waals surface area contributed by atoms with Crippen LogP contribution in [0.4, 0.5) is 0 Å². The zero-order valence-corrected chi connectivity index (χ0v) is 16.6. The maximum Gasteiger partial charge on any atom is 0.163 e. The Bertz CT molecular complexity index is 1080. The van der Waals surface area contributed by atoms with Gasteiger partial charge in [0.2, 0.25) is 0 Å². The van der Waals surface area contributed by atoms with Gasteiger partial charge in [-0.25, -0.2) is 9.97 Å². The number of rotatable bonds is 7. The standard InChI is InChI=1S/C20H22N4O5/c1-26-15-5-10-11(6-16(15)27-2)22-19(21-10)9-14(25)20-23-12-7-17(28-3)18(29-4)8-13(12)24-20/h5-8,14,25H,9H2,1-4H3,(H,21,22)(H,23,24). The van der Waals surface area contributed by atoms with Crippen molar-refractivity contribution in [2.45, 2.75) is 12.5 Å². The van der Waals surface area contributed by atoms with Crippen LogP contribution in [0.2, 0.25) is 0 Å². The van der Waals surface area contributed by atoms with Crippen molar-refractivity contribution >= 4 is 22.1 Å². The van der Waals surface area contributed by atoms with Crippen molar-refractivity contribution in [1.29, 1.82) is 0 Å². The average molecular weight is 398 g/mol. The average Bonchev–Trinajstić information content (AvgIpc) is 3.33. The van der Waals surface area contributed by atoms with E-state index in [-0.39, 0.29) is 6.42 Å². The highest BCUT2D eigenvalue weighted by Gasteiger charge is 2.18. The number of methoxy groups -OCH3 is 4. The number of hydrogen-bond donors (Lipinski definition) is 3. The summed E-state index contributed by atoms with van der Waals surface area (Å²) in [4.78, 5) is 15.4. The van der Waals surface area contributed by atoms with Crippen molar-refractivity contribution in [2.24, 2.45) is 0 Å². The molecule has 0 amide bonds. The van der Waals surface area contributed by atoms with Gasteiger partial charge in [0.15, 0.2) is 23.0 Å². The first-order valence-corrected chi connectivity index (χ1v) is 8.96. The molecular weight excluding hydrogens is 376 g/mol. The van der Waals surface area contributed by atoms with E-state index in [2.05, 4.69) is 19.9 Å². The quantitative estimate of drug-likeness (QED) is 0.438. The molecule has 0 spiro atoms. The number of nitrogens with zero attached hydrogens (tertiary/aromatic N) is 2. The third-order valence-corrected chi connectivity index (χ3v) is 4.74. The summed E-state index contributed by atoms with van der Waals surface area (Å²) in [6.07, 6.45) is -0.614. The van der Waals surface area contributed by atoms with Gasteiger partial charge in [0.25, 0.3) is 0 Å². The van der Waals surface area contributed by atoms with E-state index in [1.165, 1.54) is 0 Å². The first kappa shape index (κ1) is 18.9. The lowest BCUT2D eigenvalue weighted by Gasteiger charge is -2.06. The topological polar surface area (TPSA) is 115 Å². The number of hydrogen-bond acceptors (Lipinski definition) is 7. The second-order valence-corrected chi connectivity index (χ2v) is 6.47. The molecule has 152 valence electrons. The molecule has 3 N–H and O–H groups in total. The molecule has 0 aliphatic rings. The SMILES string of the molecule is COc1cc2nc(CC(O)c3nc4cc(OC)c(OC)cc4[nH]3)[nH]c2cc1OC. The van der Waals surface area contributed by atoms with E-state index in [9.17, 15) is 5.11 Å². The molecule has 0 aliphatic heterocycles. The number of ether oxygens (including phenoxy) is 4. The fraction of sp³-hybridized carbons (Fsp3) is 0.300. The highest BCUT2D eigenvalue weighted by molar-refractivity contribution is 5.80. The van der Waals surface area contributed by atoms with Crippen LogP contribution in [0, 0.1) is 0 Å². The smallest absolute Gasteiger partial charge is 0.163 e. The first-order valence-electron chi connectivity index (χ1n) is 8.96. The van der Waals surface area contributed by atoms with Crippen LogP contribution < -0.4 is 18.9 Å². The van der Waals surface area contributed by atoms with E-state index < -0.39 is 6.10 Å². The molecule has 1 unspecified atom stereocenters. The lowest BCUT2D eigenvalue weighted by atomic mass is 10.2. The van der Waals surface area contributed by atoms with Crippen molar-refractivity contribution in [1.82, 2.24) is 19.9 Å². The maximum atomic E-state index is 10.7. The summed E-state index contributed by atoms with van der Waals surface area (Å²) >= 11 is 0. The number of nitrogens with one attached hydrogen (secondary N) is 2. The summed E-state index contributed by atoms with van der Waals surface area (Å²) in [7, 11) is 6.29. The van der Waals surface area contributed by atoms with E-state index in [4.69, 9.17) is 18.9 Å². The molecule has 0 fully saturated rings. The Kier molecular flexibility index (Phi) is 4.89. The Morgan fingerprint density at radius 1 is 0.759 bits per heavy atom. The number of benzene rings is 2. The van der Waals surface area contributed by atoms with E-state index in [0.717, 1.165) is 16.6 Å². The summed E-state index contributed by atoms with van der Waals surface area (Å²) in [5, 5.41) is 10.7. The van der Waals surface area contributed by atoms with Gasteiger partial charge in [-0.2, -0.15) is 0 Å². The first-order chi connectivity index (χ1) is 14.1. The molecule has 2 heterocycles. The van der Waals surface area contributed by atoms with Crippen molar-refractivity contribution in [3.63, 3.8) is 0 Å². The van der Waals surface area contributed by atoms with Crippen molar-refractivity contribution in [3.8, 4) is 23.0 Å². The minimum Gasteiger partial charge on any atom is -0.493 e. The minimum atomic E-state index is -0.872. The van der Waals surface area contributed by atoms with Crippen LogP contribution in [0.1, 0.15) is 17.8 Å². The van der Waals surface area contributed by atoms with Crippen molar-refractivity contribution in [3.05, 3.63) is 35.9 Å². The highest BCUT2D eigenvalue weighted by atomic mass is 16.5. The Labute approximate surface area is 166 Å². The van der Waals surface area contributed by atoms with Crippen LogP contribution in [0.15, 0.2) is 24.3 Å². The van der Waals surface area contributed by atoms with E-state index in [1.54, 1.807) is 46.6 Å². The molecule has 0 saturated carbocycles. The summed E-state index contributed by atoms with van der Waals surface area (Å²) < 4.78 is 21.2. The molecule has 1 atom stereocenters. The molecular formula is C20H22N4O5. The van der Waals surface area contributed by atoms with E-state index in [0.29, 0.717) is 40.2 Å². The molecule has 2 aromatic heterocycles. The van der Waals surface area contributed by atoms with Crippen LogP contribution >= 0.6 is 0 Å². The molecule has 0 bridgehead atoms. The third kappa shape index (κ3) is 3.40. The summed E-state index contributed by atoms with van der Waals surface area (Å²) in [5.74, 6) is 3.43. The zero-order chi connectivity index (χ0) is 20.5. The molecule has 29 heavy (non-hydrogen) atoms. The monoisotopic (exact) mass is 398 g/mol. The fourth-order valence-corrected chi connectivity index (χ4v) is 3.28.